The van der Waals surface area contributed by atoms with E-state index in [4.69, 9.17) is 0 Å². The maximum Gasteiger partial charge on any atom is 0.146 e. The van der Waals surface area contributed by atoms with Crippen LogP contribution in [0.2, 0.25) is 0 Å². The molecule has 17 heavy (non-hydrogen) atoms. The van der Waals surface area contributed by atoms with Gasteiger partial charge in [-0.2, -0.15) is 5.10 Å². The fourth-order valence-corrected chi connectivity index (χ4v) is 1.41. The minimum atomic E-state index is 0.219. The fourth-order valence-electron chi connectivity index (χ4n) is 1.41. The van der Waals surface area contributed by atoms with E-state index in [-0.39, 0.29) is 5.75 Å². The molecular formula is C13H13N3O. The third kappa shape index (κ3) is 2.81. The van der Waals surface area contributed by atoms with Crippen molar-refractivity contribution in [3.8, 4) is 5.75 Å². The number of aromatic nitrogens is 1. The number of hydrogen-bond donors (Lipinski definition) is 2. The topological polar surface area (TPSA) is 57.5 Å². The number of aromatic hydroxyl groups is 1. The Labute approximate surface area is 99.6 Å². The Kier molecular flexibility index (Phi) is 3.35. The predicted octanol–water partition coefficient (Wildman–Crippen LogP) is 2.62. The highest BCUT2D eigenvalue weighted by Gasteiger charge is 2.02. The van der Waals surface area contributed by atoms with E-state index in [1.807, 2.05) is 37.3 Å². The standard InChI is InChI=1S/C13H13N3O/c1-10(11-6-2-3-7-12(11)17)15-16-13-8-4-5-9-14-13/h2-9,17H,1H3,(H,14,16)/b15-10+. The van der Waals surface area contributed by atoms with Crippen molar-refractivity contribution < 1.29 is 5.11 Å². The van der Waals surface area contributed by atoms with E-state index < -0.39 is 0 Å². The second-order valence-electron chi connectivity index (χ2n) is 3.54. The molecule has 0 fully saturated rings. The van der Waals surface area contributed by atoms with Gasteiger partial charge in [-0.3, -0.25) is 5.43 Å². The van der Waals surface area contributed by atoms with Gasteiger partial charge in [0, 0.05) is 11.8 Å². The lowest BCUT2D eigenvalue weighted by molar-refractivity contribution is 0.474. The number of phenols is 1. The highest BCUT2D eigenvalue weighted by Crippen LogP contribution is 2.16. The van der Waals surface area contributed by atoms with Crippen LogP contribution in [0.5, 0.6) is 5.75 Å². The highest BCUT2D eigenvalue weighted by atomic mass is 16.3. The van der Waals surface area contributed by atoms with Gasteiger partial charge in [0.25, 0.3) is 0 Å². The number of hydrazone groups is 1. The van der Waals surface area contributed by atoms with Crippen LogP contribution in [0, 0.1) is 0 Å². The van der Waals surface area contributed by atoms with Crippen LogP contribution < -0.4 is 5.43 Å². The fraction of sp³-hybridized carbons (Fsp3) is 0.0769. The molecule has 1 heterocycles. The number of phenolic OH excluding ortho intramolecular Hbond substituents is 1. The first kappa shape index (κ1) is 11.1. The summed E-state index contributed by atoms with van der Waals surface area (Å²) in [6.07, 6.45) is 1.69. The van der Waals surface area contributed by atoms with Crippen LogP contribution in [0.1, 0.15) is 12.5 Å². The molecule has 0 saturated heterocycles. The Balaban J connectivity index is 2.16. The molecule has 0 spiro atoms. The van der Waals surface area contributed by atoms with Crippen molar-refractivity contribution in [3.63, 3.8) is 0 Å². The lowest BCUT2D eigenvalue weighted by Crippen LogP contribution is -2.00. The molecule has 0 aliphatic heterocycles. The number of para-hydroxylation sites is 1. The Morgan fingerprint density at radius 2 is 1.94 bits per heavy atom. The number of hydrogen-bond acceptors (Lipinski definition) is 4. The molecule has 1 aromatic carbocycles. The highest BCUT2D eigenvalue weighted by molar-refractivity contribution is 6.01. The molecule has 1 aromatic heterocycles. The summed E-state index contributed by atoms with van der Waals surface area (Å²) >= 11 is 0. The molecule has 2 rings (SSSR count). The monoisotopic (exact) mass is 227 g/mol. The summed E-state index contributed by atoms with van der Waals surface area (Å²) in [6.45, 7) is 1.82. The summed E-state index contributed by atoms with van der Waals surface area (Å²) < 4.78 is 0. The van der Waals surface area contributed by atoms with E-state index in [9.17, 15) is 5.11 Å². The average molecular weight is 227 g/mol. The largest absolute Gasteiger partial charge is 0.507 e. The van der Waals surface area contributed by atoms with E-state index in [1.54, 1.807) is 18.3 Å². The lowest BCUT2D eigenvalue weighted by Gasteiger charge is -2.04. The van der Waals surface area contributed by atoms with Gasteiger partial charge in [0.2, 0.25) is 0 Å². The number of pyridine rings is 1. The van der Waals surface area contributed by atoms with Crippen molar-refractivity contribution in [1.29, 1.82) is 0 Å². The van der Waals surface area contributed by atoms with Crippen molar-refractivity contribution in [2.45, 2.75) is 6.92 Å². The smallest absolute Gasteiger partial charge is 0.146 e. The van der Waals surface area contributed by atoms with E-state index in [2.05, 4.69) is 15.5 Å². The van der Waals surface area contributed by atoms with Gasteiger partial charge in [0.15, 0.2) is 0 Å². The molecule has 86 valence electrons. The SMILES string of the molecule is C/C(=N\Nc1ccccn1)c1ccccc1O. The second kappa shape index (κ2) is 5.12. The quantitative estimate of drug-likeness (QED) is 0.626. The molecule has 0 aliphatic carbocycles. The molecular weight excluding hydrogens is 214 g/mol. The van der Waals surface area contributed by atoms with Gasteiger partial charge >= 0.3 is 0 Å². The van der Waals surface area contributed by atoms with Crippen LogP contribution >= 0.6 is 0 Å². The Bertz CT molecular complexity index is 523. The van der Waals surface area contributed by atoms with Gasteiger partial charge in [0.1, 0.15) is 11.6 Å². The van der Waals surface area contributed by atoms with Crippen molar-refractivity contribution in [2.24, 2.45) is 5.10 Å². The molecule has 4 heteroatoms. The Morgan fingerprint density at radius 1 is 1.18 bits per heavy atom. The first-order valence-corrected chi connectivity index (χ1v) is 5.27. The predicted molar refractivity (Wildman–Crippen MR) is 68.2 cm³/mol. The zero-order valence-corrected chi connectivity index (χ0v) is 9.46. The van der Waals surface area contributed by atoms with Crippen molar-refractivity contribution in [3.05, 3.63) is 54.2 Å². The number of rotatable bonds is 3. The first-order valence-electron chi connectivity index (χ1n) is 5.27. The van der Waals surface area contributed by atoms with Crippen LogP contribution in [0.3, 0.4) is 0 Å². The summed E-state index contributed by atoms with van der Waals surface area (Å²) in [6, 6.07) is 12.6. The summed E-state index contributed by atoms with van der Waals surface area (Å²) in [5.41, 5.74) is 4.24. The van der Waals surface area contributed by atoms with Gasteiger partial charge in [-0.25, -0.2) is 4.98 Å². The zero-order chi connectivity index (χ0) is 12.1. The van der Waals surface area contributed by atoms with Gasteiger partial charge in [0.05, 0.1) is 5.71 Å². The van der Waals surface area contributed by atoms with Crippen LogP contribution in [-0.4, -0.2) is 15.8 Å². The van der Waals surface area contributed by atoms with Gasteiger partial charge in [-0.05, 0) is 31.2 Å². The normalized spacial score (nSPS) is 11.2. The molecule has 0 amide bonds. The molecule has 0 bridgehead atoms. The van der Waals surface area contributed by atoms with Crippen molar-refractivity contribution in [2.75, 3.05) is 5.43 Å². The summed E-state index contributed by atoms with van der Waals surface area (Å²) in [5, 5.41) is 13.8. The van der Waals surface area contributed by atoms with Crippen molar-refractivity contribution in [1.82, 2.24) is 4.98 Å². The first-order chi connectivity index (χ1) is 8.27. The minimum absolute atomic E-state index is 0.219. The van der Waals surface area contributed by atoms with Crippen LogP contribution in [0.4, 0.5) is 5.82 Å². The average Bonchev–Trinajstić information content (AvgIpc) is 2.38. The van der Waals surface area contributed by atoms with Crippen LogP contribution in [-0.2, 0) is 0 Å². The van der Waals surface area contributed by atoms with Crippen LogP contribution in [0.25, 0.3) is 0 Å². The molecule has 4 nitrogen and oxygen atoms in total. The number of anilines is 1. The molecule has 0 saturated carbocycles. The van der Waals surface area contributed by atoms with Gasteiger partial charge < -0.3 is 5.11 Å². The van der Waals surface area contributed by atoms with E-state index >= 15 is 0 Å². The maximum absolute atomic E-state index is 9.65. The molecule has 0 aliphatic rings. The molecule has 2 aromatic rings. The second-order valence-corrected chi connectivity index (χ2v) is 3.54. The number of nitrogens with zero attached hydrogens (tertiary/aromatic N) is 2. The molecule has 0 unspecified atom stereocenters. The maximum atomic E-state index is 9.65. The molecule has 2 N–H and O–H groups in total. The van der Waals surface area contributed by atoms with E-state index in [0.717, 1.165) is 0 Å². The summed E-state index contributed by atoms with van der Waals surface area (Å²) in [5.74, 6) is 0.888. The number of benzene rings is 1. The zero-order valence-electron chi connectivity index (χ0n) is 9.46. The van der Waals surface area contributed by atoms with Crippen molar-refractivity contribution >= 4 is 11.5 Å². The lowest BCUT2D eigenvalue weighted by atomic mass is 10.1. The summed E-state index contributed by atoms with van der Waals surface area (Å²) in [7, 11) is 0. The van der Waals surface area contributed by atoms with E-state index in [0.29, 0.717) is 17.1 Å². The van der Waals surface area contributed by atoms with E-state index in [1.165, 1.54) is 0 Å². The minimum Gasteiger partial charge on any atom is -0.507 e. The molecule has 0 atom stereocenters. The molecule has 0 radical (unpaired) electrons. The third-order valence-corrected chi connectivity index (χ3v) is 2.30. The van der Waals surface area contributed by atoms with Gasteiger partial charge in [-0.15, -0.1) is 0 Å². The number of nitrogens with one attached hydrogen (secondary N) is 1. The van der Waals surface area contributed by atoms with Gasteiger partial charge in [-0.1, -0.05) is 18.2 Å². The summed E-state index contributed by atoms with van der Waals surface area (Å²) in [4.78, 5) is 4.09. The Hall–Kier alpha value is -2.36. The Morgan fingerprint density at radius 3 is 2.65 bits per heavy atom. The third-order valence-electron chi connectivity index (χ3n) is 2.30. The van der Waals surface area contributed by atoms with Crippen LogP contribution in [0.15, 0.2) is 53.8 Å².